The molecule has 1 saturated carbocycles. The molecule has 1 aliphatic carbocycles. The van der Waals surface area contributed by atoms with Gasteiger partial charge < -0.3 is 9.84 Å². The number of carboxylic acids is 1. The molecule has 224 valence electrons. The van der Waals surface area contributed by atoms with Gasteiger partial charge in [0.25, 0.3) is 0 Å². The number of hydrogen-bond acceptors (Lipinski definition) is 3. The van der Waals surface area contributed by atoms with Crippen LogP contribution in [-0.2, 0) is 23.6 Å². The zero-order chi connectivity index (χ0) is 29.7. The first-order valence-corrected chi connectivity index (χ1v) is 14.3. The van der Waals surface area contributed by atoms with Crippen LogP contribution in [-0.4, -0.2) is 34.7 Å². The molecule has 4 atom stereocenters. The number of ether oxygens (including phenoxy) is 1. The first-order valence-electron chi connectivity index (χ1n) is 14.3. The molecule has 0 amide bonds. The molecule has 0 bridgehead atoms. The number of hydrogen-bond donors (Lipinski definition) is 1. The summed E-state index contributed by atoms with van der Waals surface area (Å²) in [5, 5.41) is 9.67. The molecule has 41 heavy (non-hydrogen) atoms. The molecule has 1 saturated heterocycles. The molecular weight excluding hydrogens is 548 g/mol. The van der Waals surface area contributed by atoms with Crippen molar-refractivity contribution >= 4 is 5.97 Å². The summed E-state index contributed by atoms with van der Waals surface area (Å²) in [5.41, 5.74) is -1.05. The lowest BCUT2D eigenvalue weighted by Gasteiger charge is -2.39. The maximum absolute atomic E-state index is 13.8. The highest BCUT2D eigenvalue weighted by Gasteiger charge is 2.43. The summed E-state index contributed by atoms with van der Waals surface area (Å²) in [6, 6.07) is 6.78. The van der Waals surface area contributed by atoms with Crippen molar-refractivity contribution < 1.29 is 41.0 Å². The highest BCUT2D eigenvalue weighted by Crippen LogP contribution is 2.49. The third kappa shape index (κ3) is 6.22. The maximum atomic E-state index is 13.8. The molecule has 3 aliphatic rings. The predicted octanol–water partition coefficient (Wildman–Crippen LogP) is 8.25. The van der Waals surface area contributed by atoms with Gasteiger partial charge in [0.2, 0.25) is 0 Å². The summed E-state index contributed by atoms with van der Waals surface area (Å²) in [4.78, 5) is 13.6. The zero-order valence-corrected chi connectivity index (χ0v) is 23.1. The van der Waals surface area contributed by atoms with Gasteiger partial charge in [-0.05, 0) is 111 Å². The van der Waals surface area contributed by atoms with Crippen LogP contribution in [0.25, 0.3) is 0 Å². The summed E-state index contributed by atoms with van der Waals surface area (Å²) >= 11 is 0. The number of aryl methyl sites for hydroxylation is 1. The zero-order valence-electron chi connectivity index (χ0n) is 23.1. The van der Waals surface area contributed by atoms with Crippen LogP contribution in [0.2, 0.25) is 0 Å². The van der Waals surface area contributed by atoms with Crippen molar-refractivity contribution in [3.8, 4) is 5.75 Å². The van der Waals surface area contributed by atoms with Gasteiger partial charge in [-0.2, -0.15) is 26.3 Å². The summed E-state index contributed by atoms with van der Waals surface area (Å²) in [5.74, 6) is -0.384. The number of benzene rings is 2. The van der Waals surface area contributed by atoms with E-state index in [0.29, 0.717) is 56.5 Å². The van der Waals surface area contributed by atoms with Crippen LogP contribution >= 0.6 is 0 Å². The molecule has 2 aromatic rings. The van der Waals surface area contributed by atoms with E-state index < -0.39 is 47.0 Å². The molecule has 1 N–H and O–H groups in total. The average molecular weight is 584 g/mol. The Morgan fingerprint density at radius 1 is 0.976 bits per heavy atom. The monoisotopic (exact) mass is 583 g/mol. The van der Waals surface area contributed by atoms with E-state index in [1.807, 2.05) is 23.1 Å². The lowest BCUT2D eigenvalue weighted by atomic mass is 9.81. The smallest absolute Gasteiger partial charge is 0.416 e. The van der Waals surface area contributed by atoms with Crippen LogP contribution in [0.5, 0.6) is 5.75 Å². The van der Waals surface area contributed by atoms with Crippen molar-refractivity contribution in [3.63, 3.8) is 0 Å². The minimum absolute atomic E-state index is 0.0972. The van der Waals surface area contributed by atoms with E-state index in [1.165, 1.54) is 6.92 Å². The van der Waals surface area contributed by atoms with E-state index in [0.717, 1.165) is 42.6 Å². The van der Waals surface area contributed by atoms with Gasteiger partial charge in [0, 0.05) is 12.6 Å². The molecular formula is C31H35F6NO3. The molecule has 0 radical (unpaired) electrons. The Balaban J connectivity index is 1.36. The van der Waals surface area contributed by atoms with Gasteiger partial charge in [-0.25, -0.2) is 0 Å². The summed E-state index contributed by atoms with van der Waals surface area (Å²) in [7, 11) is 0. The largest absolute Gasteiger partial charge is 0.487 e. The van der Waals surface area contributed by atoms with Crippen molar-refractivity contribution in [3.05, 3.63) is 64.2 Å². The second-order valence-corrected chi connectivity index (χ2v) is 12.0. The quantitative estimate of drug-likeness (QED) is 0.348. The van der Waals surface area contributed by atoms with Gasteiger partial charge in [0.15, 0.2) is 0 Å². The first-order chi connectivity index (χ1) is 19.2. The third-order valence-corrected chi connectivity index (χ3v) is 9.33. The van der Waals surface area contributed by atoms with E-state index >= 15 is 0 Å². The van der Waals surface area contributed by atoms with Crippen molar-refractivity contribution in [1.82, 2.24) is 4.90 Å². The van der Waals surface area contributed by atoms with Gasteiger partial charge in [-0.3, -0.25) is 9.69 Å². The number of halogens is 6. The number of rotatable bonds is 6. The number of likely N-dealkylation sites (tertiary alicyclic amines) is 1. The minimum atomic E-state index is -4.77. The molecule has 2 aromatic carbocycles. The normalized spacial score (nSPS) is 24.2. The molecule has 5 rings (SSSR count). The average Bonchev–Trinajstić information content (AvgIpc) is 3.75. The first kappa shape index (κ1) is 29.7. The van der Waals surface area contributed by atoms with Crippen molar-refractivity contribution in [1.29, 1.82) is 0 Å². The molecule has 10 heteroatoms. The Bertz CT molecular complexity index is 1290. The molecule has 2 heterocycles. The lowest BCUT2D eigenvalue weighted by molar-refractivity contribution is -0.142. The lowest BCUT2D eigenvalue weighted by Crippen LogP contribution is -2.41. The topological polar surface area (TPSA) is 49.8 Å². The fourth-order valence-corrected chi connectivity index (χ4v) is 6.77. The van der Waals surface area contributed by atoms with Gasteiger partial charge in [-0.1, -0.05) is 19.1 Å². The third-order valence-electron chi connectivity index (χ3n) is 9.33. The van der Waals surface area contributed by atoms with Gasteiger partial charge in [-0.15, -0.1) is 0 Å². The Labute approximate surface area is 235 Å². The van der Waals surface area contributed by atoms with Crippen LogP contribution in [0.4, 0.5) is 26.3 Å². The van der Waals surface area contributed by atoms with Crippen molar-refractivity contribution in [2.24, 2.45) is 11.8 Å². The van der Waals surface area contributed by atoms with Crippen LogP contribution in [0.15, 0.2) is 36.4 Å². The summed E-state index contributed by atoms with van der Waals surface area (Å²) in [6.07, 6.45) is -4.20. The summed E-state index contributed by atoms with van der Waals surface area (Å²) in [6.45, 7) is 4.09. The second-order valence-electron chi connectivity index (χ2n) is 12.0. The van der Waals surface area contributed by atoms with Crippen LogP contribution in [0, 0.1) is 11.8 Å². The summed E-state index contributed by atoms with van der Waals surface area (Å²) < 4.78 is 88.2. The number of carbonyl (C=O) groups is 1. The van der Waals surface area contributed by atoms with Crippen molar-refractivity contribution in [2.45, 2.75) is 88.7 Å². The molecule has 2 fully saturated rings. The van der Waals surface area contributed by atoms with Crippen LogP contribution in [0.1, 0.15) is 92.1 Å². The minimum Gasteiger partial charge on any atom is -0.487 e. The standard InChI is InChI=1S/C31H35F6NO3/c1-18(28(39)40)27(21-5-6-21)22-7-4-20-10-12-29(41-26(20)16-22)11-3-14-38(15-13-29)19(2)24-17-23(30(32,33)34)8-9-25(24)31(35,36)37/h4,7-9,16-19,21,27H,3,5-6,10-15H2,1-2H3,(H,39,40)/t18-,19-,27?,29?/m0/s1. The highest BCUT2D eigenvalue weighted by atomic mass is 19.4. The Hall–Kier alpha value is -2.75. The van der Waals surface area contributed by atoms with Crippen LogP contribution in [0.3, 0.4) is 0 Å². The highest BCUT2D eigenvalue weighted by molar-refractivity contribution is 5.71. The van der Waals surface area contributed by atoms with E-state index in [2.05, 4.69) is 0 Å². The number of aliphatic carboxylic acids is 1. The number of nitrogens with zero attached hydrogens (tertiary/aromatic N) is 1. The van der Waals surface area contributed by atoms with Crippen molar-refractivity contribution in [2.75, 3.05) is 13.1 Å². The van der Waals surface area contributed by atoms with E-state index in [1.54, 1.807) is 6.92 Å². The second kappa shape index (κ2) is 10.8. The molecule has 2 unspecified atom stereocenters. The SMILES string of the molecule is C[C@H](C(=O)O)C(c1ccc2c(c1)OC1(CCCN([C@@H](C)c3cc(C(F)(F)F)ccc3C(F)(F)F)CC1)CC2)C1CC1. The Kier molecular flexibility index (Phi) is 7.85. The number of carboxylic acid groups (broad SMARTS) is 1. The van der Waals surface area contributed by atoms with E-state index in [-0.39, 0.29) is 11.5 Å². The fraction of sp³-hybridized carbons (Fsp3) is 0.581. The molecule has 2 aliphatic heterocycles. The molecule has 4 nitrogen and oxygen atoms in total. The number of fused-ring (bicyclic) bond motifs is 1. The fourth-order valence-electron chi connectivity index (χ4n) is 6.77. The number of alkyl halides is 6. The van der Waals surface area contributed by atoms with E-state index in [9.17, 15) is 36.2 Å². The maximum Gasteiger partial charge on any atom is 0.416 e. The predicted molar refractivity (Wildman–Crippen MR) is 141 cm³/mol. The van der Waals surface area contributed by atoms with Gasteiger partial charge in [0.1, 0.15) is 11.4 Å². The Morgan fingerprint density at radius 2 is 1.71 bits per heavy atom. The molecule has 1 spiro atoms. The van der Waals surface area contributed by atoms with Gasteiger partial charge >= 0.3 is 18.3 Å². The van der Waals surface area contributed by atoms with Crippen LogP contribution < -0.4 is 4.74 Å². The Morgan fingerprint density at radius 3 is 2.34 bits per heavy atom. The molecule has 0 aromatic heterocycles. The van der Waals surface area contributed by atoms with Gasteiger partial charge in [0.05, 0.1) is 17.0 Å². The van der Waals surface area contributed by atoms with E-state index in [4.69, 9.17) is 4.74 Å².